The topological polar surface area (TPSA) is 123 Å². The second kappa shape index (κ2) is 6.37. The van der Waals surface area contributed by atoms with Gasteiger partial charge in [0.1, 0.15) is 11.3 Å². The number of alkyl halides is 2. The Morgan fingerprint density at radius 3 is 2.57 bits per heavy atom. The molecule has 1 atom stereocenters. The summed E-state index contributed by atoms with van der Waals surface area (Å²) >= 11 is 5.38. The summed E-state index contributed by atoms with van der Waals surface area (Å²) < 4.78 is 42.4. The van der Waals surface area contributed by atoms with Gasteiger partial charge in [-0.2, -0.15) is 0 Å². The van der Waals surface area contributed by atoms with Gasteiger partial charge in [0.05, 0.1) is 16.7 Å². The quantitative estimate of drug-likeness (QED) is 0.450. The number of halogens is 4. The number of benzene rings is 1. The lowest BCUT2D eigenvalue weighted by atomic mass is 9.96. The Bertz CT molecular complexity index is 1140. The molecule has 1 heterocycles. The summed E-state index contributed by atoms with van der Waals surface area (Å²) in [6.45, 7) is 0. The number of allylic oxidation sites excluding steroid dienone is 1. The van der Waals surface area contributed by atoms with Gasteiger partial charge in [0.15, 0.2) is 22.8 Å². The highest BCUT2D eigenvalue weighted by atomic mass is 35.5. The van der Waals surface area contributed by atoms with Crippen molar-refractivity contribution >= 4 is 29.3 Å². The maximum Gasteiger partial charge on any atom is 0.341 e. The van der Waals surface area contributed by atoms with Crippen molar-refractivity contribution in [2.24, 2.45) is 0 Å². The highest BCUT2D eigenvalue weighted by Gasteiger charge is 2.40. The van der Waals surface area contributed by atoms with Gasteiger partial charge in [-0.15, -0.1) is 0 Å². The van der Waals surface area contributed by atoms with Gasteiger partial charge in [-0.1, -0.05) is 11.6 Å². The number of carboxylic acid groups (broad SMARTS) is 1. The van der Waals surface area contributed by atoms with Crippen molar-refractivity contribution in [2.75, 3.05) is 0 Å². The number of nitro benzene ring substituents is 1. The van der Waals surface area contributed by atoms with Gasteiger partial charge < -0.3 is 14.8 Å². The molecule has 1 aromatic heterocycles. The highest BCUT2D eigenvalue weighted by molar-refractivity contribution is 6.25. The van der Waals surface area contributed by atoms with E-state index in [9.17, 15) is 43.1 Å². The molecule has 8 nitrogen and oxygen atoms in total. The Labute approximate surface area is 157 Å². The largest absolute Gasteiger partial charge is 0.505 e. The molecule has 0 aliphatic heterocycles. The Kier molecular flexibility index (Phi) is 4.42. The summed E-state index contributed by atoms with van der Waals surface area (Å²) in [5.74, 6) is -5.63. The standard InChI is InChI=1S/C16H8ClF3N2O6/c17-16(20)4-6-9(3-13(16)19)21(5-7(14(6)24)15(25)26)10-2-12(23)8(18)1-11(10)22(27)28/h1-3,5,23H,4H2,(H,25,26). The van der Waals surface area contributed by atoms with E-state index in [0.29, 0.717) is 29.0 Å². The van der Waals surface area contributed by atoms with Crippen molar-refractivity contribution in [3.8, 4) is 11.4 Å². The van der Waals surface area contributed by atoms with E-state index in [1.807, 2.05) is 0 Å². The number of nitro groups is 1. The van der Waals surface area contributed by atoms with E-state index in [2.05, 4.69) is 0 Å². The van der Waals surface area contributed by atoms with E-state index >= 15 is 0 Å². The van der Waals surface area contributed by atoms with Crippen molar-refractivity contribution in [2.45, 2.75) is 11.5 Å². The fourth-order valence-corrected chi connectivity index (χ4v) is 2.96. The summed E-state index contributed by atoms with van der Waals surface area (Å²) in [5, 5.41) is 27.0. The van der Waals surface area contributed by atoms with E-state index < -0.39 is 73.5 Å². The van der Waals surface area contributed by atoms with Gasteiger partial charge in [0.2, 0.25) is 5.13 Å². The molecule has 0 radical (unpaired) electrons. The number of nitrogens with zero attached hydrogens (tertiary/aromatic N) is 2. The summed E-state index contributed by atoms with van der Waals surface area (Å²) in [5.41, 5.74) is -4.58. The van der Waals surface area contributed by atoms with Crippen LogP contribution in [0.15, 0.2) is 29.0 Å². The molecule has 0 saturated carbocycles. The minimum absolute atomic E-state index is 0.361. The normalized spacial score (nSPS) is 18.4. The van der Waals surface area contributed by atoms with Gasteiger partial charge in [0.25, 0.3) is 5.69 Å². The van der Waals surface area contributed by atoms with Crippen molar-refractivity contribution in [3.63, 3.8) is 0 Å². The van der Waals surface area contributed by atoms with Crippen molar-refractivity contribution in [1.29, 1.82) is 0 Å². The maximum atomic E-state index is 14.1. The van der Waals surface area contributed by atoms with Crippen LogP contribution in [0.1, 0.15) is 21.6 Å². The van der Waals surface area contributed by atoms with Crippen LogP contribution in [0, 0.1) is 15.9 Å². The summed E-state index contributed by atoms with van der Waals surface area (Å²) in [6, 6.07) is 0.951. The number of aromatic nitrogens is 1. The van der Waals surface area contributed by atoms with Crippen LogP contribution in [0.5, 0.6) is 5.75 Å². The summed E-state index contributed by atoms with van der Waals surface area (Å²) in [7, 11) is 0. The fourth-order valence-electron chi connectivity index (χ4n) is 2.77. The molecule has 12 heteroatoms. The maximum absolute atomic E-state index is 14.1. The number of phenols is 1. The van der Waals surface area contributed by atoms with E-state index in [4.69, 9.17) is 11.6 Å². The van der Waals surface area contributed by atoms with Crippen LogP contribution < -0.4 is 5.43 Å². The lowest BCUT2D eigenvalue weighted by Crippen LogP contribution is -2.32. The zero-order chi connectivity index (χ0) is 21.0. The first-order chi connectivity index (χ1) is 12.9. The van der Waals surface area contributed by atoms with Gasteiger partial charge in [-0.05, 0) is 6.08 Å². The molecule has 1 unspecified atom stereocenters. The molecular weight excluding hydrogens is 409 g/mol. The van der Waals surface area contributed by atoms with Crippen LogP contribution in [-0.2, 0) is 6.42 Å². The number of rotatable bonds is 3. The average molecular weight is 417 g/mol. The third-order valence-corrected chi connectivity index (χ3v) is 4.40. The molecule has 0 fully saturated rings. The molecule has 0 bridgehead atoms. The van der Waals surface area contributed by atoms with Crippen LogP contribution >= 0.6 is 11.6 Å². The smallest absolute Gasteiger partial charge is 0.341 e. The molecule has 3 rings (SSSR count). The first-order valence-corrected chi connectivity index (χ1v) is 7.76. The van der Waals surface area contributed by atoms with E-state index in [0.717, 1.165) is 0 Å². The minimum atomic E-state index is -3.11. The predicted octanol–water partition coefficient (Wildman–Crippen LogP) is 3.06. The van der Waals surface area contributed by atoms with Crippen LogP contribution in [0.4, 0.5) is 18.9 Å². The van der Waals surface area contributed by atoms with Crippen molar-refractivity contribution < 1.29 is 33.1 Å². The average Bonchev–Trinajstić information content (AvgIpc) is 2.58. The van der Waals surface area contributed by atoms with Gasteiger partial charge in [-0.3, -0.25) is 14.9 Å². The van der Waals surface area contributed by atoms with E-state index in [1.54, 1.807) is 0 Å². The third kappa shape index (κ3) is 2.99. The molecule has 0 spiro atoms. The summed E-state index contributed by atoms with van der Waals surface area (Å²) in [6.07, 6.45) is 0.0581. The Hall–Kier alpha value is -3.34. The number of aromatic carboxylic acids is 1. The number of carbonyl (C=O) groups is 1. The van der Waals surface area contributed by atoms with Crippen LogP contribution in [0.25, 0.3) is 11.8 Å². The number of carboxylic acids is 1. The molecule has 2 aromatic rings. The number of aromatic hydroxyl groups is 1. The Morgan fingerprint density at radius 1 is 1.36 bits per heavy atom. The molecular formula is C16H8ClF3N2O6. The molecule has 1 aliphatic carbocycles. The van der Waals surface area contributed by atoms with Crippen molar-refractivity contribution in [3.05, 3.63) is 67.1 Å². The first-order valence-electron chi connectivity index (χ1n) is 7.38. The molecule has 2 N–H and O–H groups in total. The molecule has 1 aromatic carbocycles. The Morgan fingerprint density at radius 2 is 2.00 bits per heavy atom. The molecule has 0 saturated heterocycles. The SMILES string of the molecule is O=C(O)c1cn(-c2cc(O)c(F)cc2[N+](=O)[O-])c2c(c1=O)CC(F)(Cl)C(F)=C2. The van der Waals surface area contributed by atoms with E-state index in [-0.39, 0.29) is 0 Å². The van der Waals surface area contributed by atoms with Gasteiger partial charge in [-0.25, -0.2) is 18.0 Å². The van der Waals surface area contributed by atoms with Gasteiger partial charge >= 0.3 is 5.97 Å². The highest BCUT2D eigenvalue weighted by Crippen LogP contribution is 2.39. The fraction of sp³-hybridized carbons (Fsp3) is 0.125. The number of hydrogen-bond donors (Lipinski definition) is 2. The van der Waals surface area contributed by atoms with Crippen LogP contribution in [-0.4, -0.2) is 30.8 Å². The lowest BCUT2D eigenvalue weighted by Gasteiger charge is -2.25. The van der Waals surface area contributed by atoms with Crippen molar-refractivity contribution in [1.82, 2.24) is 4.57 Å². The minimum Gasteiger partial charge on any atom is -0.505 e. The number of hydrogen-bond acceptors (Lipinski definition) is 5. The lowest BCUT2D eigenvalue weighted by molar-refractivity contribution is -0.384. The zero-order valence-corrected chi connectivity index (χ0v) is 14.2. The molecule has 1 aliphatic rings. The Balaban J connectivity index is 2.48. The van der Waals surface area contributed by atoms with E-state index in [1.165, 1.54) is 0 Å². The molecule has 146 valence electrons. The third-order valence-electron chi connectivity index (χ3n) is 4.09. The zero-order valence-electron chi connectivity index (χ0n) is 13.5. The molecule has 28 heavy (non-hydrogen) atoms. The second-order valence-corrected chi connectivity index (χ2v) is 6.43. The molecule has 0 amide bonds. The number of fused-ring (bicyclic) bond motifs is 1. The van der Waals surface area contributed by atoms with Gasteiger partial charge in [0, 0.05) is 24.2 Å². The second-order valence-electron chi connectivity index (χ2n) is 5.83. The number of pyridine rings is 1. The predicted molar refractivity (Wildman–Crippen MR) is 89.8 cm³/mol. The number of phenolic OH excluding ortho intramolecular Hbond substituents is 1. The monoisotopic (exact) mass is 416 g/mol. The summed E-state index contributed by atoms with van der Waals surface area (Å²) in [4.78, 5) is 34.0. The van der Waals surface area contributed by atoms with Crippen LogP contribution in [0.2, 0.25) is 0 Å². The van der Waals surface area contributed by atoms with Crippen LogP contribution in [0.3, 0.4) is 0 Å². The first kappa shape index (κ1) is 19.4.